The molecule has 1 aromatic carbocycles. The molecule has 1 unspecified atom stereocenters. The molecule has 7 nitrogen and oxygen atoms in total. The molecule has 2 amide bonds. The molecule has 0 radical (unpaired) electrons. The van der Waals surface area contributed by atoms with E-state index in [1.165, 1.54) is 12.3 Å². The van der Waals surface area contributed by atoms with Crippen LogP contribution in [-0.4, -0.2) is 73.0 Å². The van der Waals surface area contributed by atoms with Gasteiger partial charge in [-0.05, 0) is 31.0 Å². The molecule has 2 fully saturated rings. The van der Waals surface area contributed by atoms with Crippen molar-refractivity contribution in [2.75, 3.05) is 32.8 Å². The van der Waals surface area contributed by atoms with E-state index in [2.05, 4.69) is 15.2 Å². The van der Waals surface area contributed by atoms with Gasteiger partial charge in [0.1, 0.15) is 0 Å². The lowest BCUT2D eigenvalue weighted by molar-refractivity contribution is -0.137. The van der Waals surface area contributed by atoms with Gasteiger partial charge >= 0.3 is 6.18 Å². The molecule has 2 atom stereocenters. The maximum absolute atomic E-state index is 12.7. The van der Waals surface area contributed by atoms with Crippen LogP contribution in [0.3, 0.4) is 0 Å². The minimum absolute atomic E-state index is 0.195. The Balaban J connectivity index is 1.48. The molecular weight excluding hydrogens is 403 g/mol. The molecule has 2 N–H and O–H groups in total. The number of ether oxygens (including phenoxy) is 1. The summed E-state index contributed by atoms with van der Waals surface area (Å²) >= 11 is 0. The minimum atomic E-state index is -4.56. The van der Waals surface area contributed by atoms with E-state index in [9.17, 15) is 27.9 Å². The van der Waals surface area contributed by atoms with E-state index in [1.54, 1.807) is 0 Å². The van der Waals surface area contributed by atoms with Gasteiger partial charge in [-0.3, -0.25) is 14.5 Å². The second-order valence-electron chi connectivity index (χ2n) is 7.46. The highest BCUT2D eigenvalue weighted by atomic mass is 19.4. The highest BCUT2D eigenvalue weighted by Gasteiger charge is 2.35. The number of nitrogens with one attached hydrogen (secondary N) is 1. The van der Waals surface area contributed by atoms with Crippen LogP contribution < -0.4 is 5.32 Å². The summed E-state index contributed by atoms with van der Waals surface area (Å²) in [5.41, 5.74) is -1.14. The maximum atomic E-state index is 12.7. The maximum Gasteiger partial charge on any atom is 0.416 e. The van der Waals surface area contributed by atoms with Crippen LogP contribution in [0.5, 0.6) is 0 Å². The Kier molecular flexibility index (Phi) is 7.22. The zero-order valence-electron chi connectivity index (χ0n) is 16.3. The first-order valence-electron chi connectivity index (χ1n) is 9.76. The Morgan fingerprint density at radius 1 is 1.27 bits per heavy atom. The predicted octanol–water partition coefficient (Wildman–Crippen LogP) is 1.50. The molecule has 10 heteroatoms. The van der Waals surface area contributed by atoms with Gasteiger partial charge in [-0.2, -0.15) is 13.2 Å². The number of hydrogen-bond donors (Lipinski definition) is 2. The third-order valence-electron chi connectivity index (χ3n) is 5.33. The van der Waals surface area contributed by atoms with Gasteiger partial charge in [0.05, 0.1) is 18.2 Å². The van der Waals surface area contributed by atoms with Gasteiger partial charge in [0, 0.05) is 50.0 Å². The Hall–Kier alpha value is -2.30. The Bertz CT molecular complexity index is 794. The summed E-state index contributed by atoms with van der Waals surface area (Å²) in [6, 6.07) is 4.29. The highest BCUT2D eigenvalue weighted by Crippen LogP contribution is 2.29. The number of benzene rings is 1. The number of aliphatic hydroxyl groups is 1. The van der Waals surface area contributed by atoms with Crippen molar-refractivity contribution in [1.82, 2.24) is 10.2 Å². The van der Waals surface area contributed by atoms with Crippen LogP contribution in [0.15, 0.2) is 29.3 Å². The smallest absolute Gasteiger partial charge is 0.391 e. The summed E-state index contributed by atoms with van der Waals surface area (Å²) in [6.45, 7) is 2.03. The molecule has 0 bridgehead atoms. The Morgan fingerprint density at radius 3 is 2.70 bits per heavy atom. The molecule has 2 heterocycles. The normalized spacial score (nSPS) is 23.7. The van der Waals surface area contributed by atoms with Crippen molar-refractivity contribution in [3.8, 4) is 0 Å². The van der Waals surface area contributed by atoms with E-state index in [-0.39, 0.29) is 11.5 Å². The van der Waals surface area contributed by atoms with Gasteiger partial charge in [0.15, 0.2) is 0 Å². The van der Waals surface area contributed by atoms with Crippen LogP contribution in [0.2, 0.25) is 0 Å². The molecule has 2 saturated heterocycles. The number of halogens is 3. The van der Waals surface area contributed by atoms with Crippen LogP contribution in [0.25, 0.3) is 0 Å². The first kappa shape index (κ1) is 22.4. The second kappa shape index (κ2) is 9.67. The fourth-order valence-corrected chi connectivity index (χ4v) is 3.66. The number of hydrogen-bond acceptors (Lipinski definition) is 5. The van der Waals surface area contributed by atoms with Crippen molar-refractivity contribution < 1.29 is 32.6 Å². The fourth-order valence-electron chi connectivity index (χ4n) is 3.66. The fraction of sp³-hybridized carbons (Fsp3) is 0.550. The summed E-state index contributed by atoms with van der Waals surface area (Å²) in [4.78, 5) is 29.9. The zero-order chi connectivity index (χ0) is 21.7. The number of aliphatic imine (C=N–C) groups is 1. The first-order valence-corrected chi connectivity index (χ1v) is 9.76. The summed E-state index contributed by atoms with van der Waals surface area (Å²) in [6.07, 6.45) is -2.00. The van der Waals surface area contributed by atoms with Crippen molar-refractivity contribution in [3.05, 3.63) is 35.4 Å². The lowest BCUT2D eigenvalue weighted by Crippen LogP contribution is -2.38. The largest absolute Gasteiger partial charge is 0.416 e. The summed E-state index contributed by atoms with van der Waals surface area (Å²) in [7, 11) is 0. The molecule has 0 saturated carbocycles. The number of rotatable bonds is 5. The average molecular weight is 427 g/mol. The summed E-state index contributed by atoms with van der Waals surface area (Å²) in [5, 5.41) is 12.5. The quantitative estimate of drug-likeness (QED) is 0.695. The third kappa shape index (κ3) is 5.87. The predicted molar refractivity (Wildman–Crippen MR) is 102 cm³/mol. The van der Waals surface area contributed by atoms with E-state index in [1.807, 2.05) is 0 Å². The molecule has 3 rings (SSSR count). The van der Waals surface area contributed by atoms with Crippen molar-refractivity contribution >= 4 is 18.0 Å². The van der Waals surface area contributed by atoms with Crippen LogP contribution in [0.1, 0.15) is 28.8 Å². The number of alkyl halides is 3. The molecular formula is C20H24F3N3O4. The van der Waals surface area contributed by atoms with E-state index >= 15 is 0 Å². The molecule has 2 aliphatic rings. The van der Waals surface area contributed by atoms with Crippen LogP contribution in [0.4, 0.5) is 13.2 Å². The van der Waals surface area contributed by atoms with Crippen molar-refractivity contribution in [2.24, 2.45) is 10.9 Å². The molecule has 0 aliphatic carbocycles. The minimum Gasteiger partial charge on any atom is -0.391 e. The van der Waals surface area contributed by atoms with E-state index in [4.69, 9.17) is 4.74 Å². The van der Waals surface area contributed by atoms with Crippen molar-refractivity contribution in [1.29, 1.82) is 0 Å². The summed E-state index contributed by atoms with van der Waals surface area (Å²) < 4.78 is 43.6. The van der Waals surface area contributed by atoms with Gasteiger partial charge in [-0.25, -0.2) is 4.99 Å². The monoisotopic (exact) mass is 427 g/mol. The average Bonchev–Trinajstić information content (AvgIpc) is 3.11. The molecule has 164 valence electrons. The Morgan fingerprint density at radius 2 is 2.00 bits per heavy atom. The second-order valence-corrected chi connectivity index (χ2v) is 7.46. The lowest BCUT2D eigenvalue weighted by Gasteiger charge is -2.30. The number of nitrogens with zero attached hydrogens (tertiary/aromatic N) is 2. The number of carbonyl (C=O) groups excluding carboxylic acids is 2. The van der Waals surface area contributed by atoms with Crippen LogP contribution in [-0.2, 0) is 15.7 Å². The third-order valence-corrected chi connectivity index (χ3v) is 5.33. The topological polar surface area (TPSA) is 91.2 Å². The van der Waals surface area contributed by atoms with E-state index < -0.39 is 36.2 Å². The van der Waals surface area contributed by atoms with Gasteiger partial charge in [0.2, 0.25) is 0 Å². The standard InChI is InChI=1S/C20H24F3N3O4/c21-20(22,23)15-3-1-2-13(8-15)19(29)25-10-18(28)24-9-14-11-26(12-17(14)27)16-4-6-30-7-5-16/h1-3,8-9,14,16-17,27H,4-7,10-12H2,(H,25,29)/t14?,17-/m0/s1. The van der Waals surface area contributed by atoms with Gasteiger partial charge in [-0.15, -0.1) is 0 Å². The molecule has 30 heavy (non-hydrogen) atoms. The SMILES string of the molecule is O=C(CNC(=O)c1cccc(C(F)(F)F)c1)N=CC1CN(C2CCOCC2)C[C@@H]1O. The number of carbonyl (C=O) groups is 2. The molecule has 0 aromatic heterocycles. The lowest BCUT2D eigenvalue weighted by atomic mass is 10.1. The van der Waals surface area contributed by atoms with Crippen molar-refractivity contribution in [3.63, 3.8) is 0 Å². The zero-order valence-corrected chi connectivity index (χ0v) is 16.3. The number of amides is 2. The highest BCUT2D eigenvalue weighted by molar-refractivity contribution is 5.97. The van der Waals surface area contributed by atoms with Gasteiger partial charge in [0.25, 0.3) is 11.8 Å². The van der Waals surface area contributed by atoms with Crippen LogP contribution in [0, 0.1) is 5.92 Å². The van der Waals surface area contributed by atoms with Crippen LogP contribution >= 0.6 is 0 Å². The van der Waals surface area contributed by atoms with E-state index in [0.29, 0.717) is 32.3 Å². The molecule has 1 aromatic rings. The Labute approximate surface area is 171 Å². The number of likely N-dealkylation sites (tertiary alicyclic amines) is 1. The number of aliphatic hydroxyl groups excluding tert-OH is 1. The molecule has 2 aliphatic heterocycles. The first-order chi connectivity index (χ1) is 14.2. The number of β-amino-alcohol motifs (C(OH)–C–C–N with tert-alkyl or cyclic N) is 1. The molecule has 0 spiro atoms. The van der Waals surface area contributed by atoms with Gasteiger partial charge < -0.3 is 15.2 Å². The van der Waals surface area contributed by atoms with E-state index in [0.717, 1.165) is 31.0 Å². The van der Waals surface area contributed by atoms with Crippen molar-refractivity contribution in [2.45, 2.75) is 31.2 Å². The summed E-state index contributed by atoms with van der Waals surface area (Å²) in [5.74, 6) is -1.74. The van der Waals surface area contributed by atoms with Gasteiger partial charge in [-0.1, -0.05) is 6.07 Å².